The molecule has 0 spiro atoms. The van der Waals surface area contributed by atoms with Crippen molar-refractivity contribution in [3.05, 3.63) is 41.5 Å². The molecular weight excluding hydrogens is 318 g/mol. The van der Waals surface area contributed by atoms with Gasteiger partial charge in [-0.15, -0.1) is 0 Å². The Morgan fingerprint density at radius 3 is 2.56 bits per heavy atom. The number of carbonyl (C=O) groups excluding carboxylic acids is 1. The van der Waals surface area contributed by atoms with E-state index in [0.29, 0.717) is 25.1 Å². The van der Waals surface area contributed by atoms with Crippen LogP contribution in [0, 0.1) is 13.8 Å². The van der Waals surface area contributed by atoms with E-state index in [0.717, 1.165) is 17.2 Å². The van der Waals surface area contributed by atoms with Crippen LogP contribution in [0.4, 0.5) is 10.5 Å². The van der Waals surface area contributed by atoms with Crippen LogP contribution in [0.1, 0.15) is 43.9 Å². The third-order valence-corrected chi connectivity index (χ3v) is 4.51. The Balaban J connectivity index is 2.06. The standard InChI is InChI=1S/C18H27N5O2/c1-5-18(6-2,12-24)21-17(25)20-16-9-7-8-15(10-16)11-23-14(4)19-13(3)22-23/h7-10,24H,5-6,11-12H2,1-4H3,(H2,20,21,25). The number of nitrogens with one attached hydrogen (secondary N) is 2. The molecule has 0 saturated carbocycles. The molecule has 0 radical (unpaired) electrons. The van der Waals surface area contributed by atoms with E-state index in [-0.39, 0.29) is 12.6 Å². The second kappa shape index (κ2) is 8.11. The minimum absolute atomic E-state index is 0.0849. The highest BCUT2D eigenvalue weighted by Crippen LogP contribution is 2.16. The lowest BCUT2D eigenvalue weighted by molar-refractivity contribution is 0.155. The molecule has 7 heteroatoms. The van der Waals surface area contributed by atoms with Gasteiger partial charge in [-0.3, -0.25) is 0 Å². The van der Waals surface area contributed by atoms with Crippen molar-refractivity contribution < 1.29 is 9.90 Å². The molecule has 0 fully saturated rings. The Kier molecular flexibility index (Phi) is 6.14. The van der Waals surface area contributed by atoms with Crippen LogP contribution >= 0.6 is 0 Å². The van der Waals surface area contributed by atoms with Crippen LogP contribution in [-0.4, -0.2) is 38.0 Å². The van der Waals surface area contributed by atoms with E-state index in [1.54, 1.807) is 0 Å². The Morgan fingerprint density at radius 2 is 2.00 bits per heavy atom. The predicted octanol–water partition coefficient (Wildman–Crippen LogP) is 2.62. The normalized spacial score (nSPS) is 11.4. The lowest BCUT2D eigenvalue weighted by Crippen LogP contribution is -2.52. The van der Waals surface area contributed by atoms with Gasteiger partial charge in [-0.1, -0.05) is 26.0 Å². The van der Waals surface area contributed by atoms with Gasteiger partial charge in [-0.2, -0.15) is 5.10 Å². The maximum Gasteiger partial charge on any atom is 0.319 e. The first kappa shape index (κ1) is 18.9. The number of aromatic nitrogens is 3. The summed E-state index contributed by atoms with van der Waals surface area (Å²) in [6.45, 7) is 8.18. The molecule has 2 aromatic rings. The number of anilines is 1. The Labute approximate surface area is 148 Å². The summed E-state index contributed by atoms with van der Waals surface area (Å²) >= 11 is 0. The molecule has 0 aliphatic rings. The summed E-state index contributed by atoms with van der Waals surface area (Å²) in [5, 5.41) is 19.6. The summed E-state index contributed by atoms with van der Waals surface area (Å²) in [5.74, 6) is 1.60. The molecule has 136 valence electrons. The largest absolute Gasteiger partial charge is 0.394 e. The lowest BCUT2D eigenvalue weighted by Gasteiger charge is -2.30. The highest BCUT2D eigenvalue weighted by molar-refractivity contribution is 5.89. The monoisotopic (exact) mass is 345 g/mol. The number of aliphatic hydroxyl groups excluding tert-OH is 1. The summed E-state index contributed by atoms with van der Waals surface area (Å²) in [5.41, 5.74) is 1.13. The number of nitrogens with zero attached hydrogens (tertiary/aromatic N) is 3. The molecule has 0 bridgehead atoms. The minimum atomic E-state index is -0.586. The van der Waals surface area contributed by atoms with Crippen LogP contribution < -0.4 is 10.6 Å². The number of hydrogen-bond acceptors (Lipinski definition) is 4. The molecule has 1 heterocycles. The van der Waals surface area contributed by atoms with E-state index in [1.807, 2.05) is 56.6 Å². The molecule has 0 atom stereocenters. The molecule has 7 nitrogen and oxygen atoms in total. The number of carbonyl (C=O) groups is 1. The Morgan fingerprint density at radius 1 is 1.28 bits per heavy atom. The molecule has 1 aromatic carbocycles. The summed E-state index contributed by atoms with van der Waals surface area (Å²) in [6.07, 6.45) is 1.33. The molecule has 0 aliphatic heterocycles. The van der Waals surface area contributed by atoms with Crippen LogP contribution in [-0.2, 0) is 6.54 Å². The first-order valence-corrected chi connectivity index (χ1v) is 8.58. The maximum absolute atomic E-state index is 12.3. The van der Waals surface area contributed by atoms with Crippen molar-refractivity contribution in [2.45, 2.75) is 52.6 Å². The van der Waals surface area contributed by atoms with Crippen molar-refractivity contribution in [1.29, 1.82) is 0 Å². The SMILES string of the molecule is CCC(CC)(CO)NC(=O)Nc1cccc(Cn2nc(C)nc2C)c1. The molecule has 25 heavy (non-hydrogen) atoms. The van der Waals surface area contributed by atoms with Gasteiger partial charge in [0.25, 0.3) is 0 Å². The van der Waals surface area contributed by atoms with Crippen LogP contribution in [0.25, 0.3) is 0 Å². The van der Waals surface area contributed by atoms with Crippen molar-refractivity contribution >= 4 is 11.7 Å². The second-order valence-electron chi connectivity index (χ2n) is 6.29. The van der Waals surface area contributed by atoms with Gasteiger partial charge >= 0.3 is 6.03 Å². The minimum Gasteiger partial charge on any atom is -0.394 e. The van der Waals surface area contributed by atoms with Crippen molar-refractivity contribution in [3.8, 4) is 0 Å². The van der Waals surface area contributed by atoms with Gasteiger partial charge in [0.15, 0.2) is 0 Å². The fraction of sp³-hybridized carbons (Fsp3) is 0.500. The molecule has 2 rings (SSSR count). The van der Waals surface area contributed by atoms with Crippen LogP contribution in [0.3, 0.4) is 0 Å². The summed E-state index contributed by atoms with van der Waals surface area (Å²) < 4.78 is 1.83. The van der Waals surface area contributed by atoms with Crippen molar-refractivity contribution in [3.63, 3.8) is 0 Å². The fourth-order valence-corrected chi connectivity index (χ4v) is 2.72. The number of amides is 2. The van der Waals surface area contributed by atoms with Gasteiger partial charge in [0.2, 0.25) is 0 Å². The number of aliphatic hydroxyl groups is 1. The molecule has 0 unspecified atom stereocenters. The second-order valence-corrected chi connectivity index (χ2v) is 6.29. The van der Waals surface area contributed by atoms with Crippen LogP contribution in [0.2, 0.25) is 0 Å². The number of urea groups is 1. The average Bonchev–Trinajstić information content (AvgIpc) is 2.90. The number of benzene rings is 1. The number of rotatable bonds is 7. The first-order chi connectivity index (χ1) is 11.9. The number of aryl methyl sites for hydroxylation is 2. The fourth-order valence-electron chi connectivity index (χ4n) is 2.72. The molecule has 1 aromatic heterocycles. The highest BCUT2D eigenvalue weighted by Gasteiger charge is 2.27. The zero-order chi connectivity index (χ0) is 18.4. The van der Waals surface area contributed by atoms with E-state index in [1.165, 1.54) is 0 Å². The van der Waals surface area contributed by atoms with Crippen molar-refractivity contribution in [2.75, 3.05) is 11.9 Å². The van der Waals surface area contributed by atoms with E-state index in [4.69, 9.17) is 0 Å². The summed E-state index contributed by atoms with van der Waals surface area (Å²) in [4.78, 5) is 16.6. The Hall–Kier alpha value is -2.41. The van der Waals surface area contributed by atoms with E-state index in [9.17, 15) is 9.90 Å². The molecule has 0 aliphatic carbocycles. The van der Waals surface area contributed by atoms with Gasteiger partial charge in [-0.25, -0.2) is 14.5 Å². The number of hydrogen-bond donors (Lipinski definition) is 3. The zero-order valence-corrected chi connectivity index (χ0v) is 15.3. The third-order valence-electron chi connectivity index (χ3n) is 4.51. The molecule has 2 amide bonds. The van der Waals surface area contributed by atoms with Gasteiger partial charge in [0.1, 0.15) is 11.6 Å². The molecular formula is C18H27N5O2. The van der Waals surface area contributed by atoms with Gasteiger partial charge < -0.3 is 15.7 Å². The summed E-state index contributed by atoms with van der Waals surface area (Å²) in [7, 11) is 0. The van der Waals surface area contributed by atoms with Gasteiger partial charge in [-0.05, 0) is 44.4 Å². The smallest absolute Gasteiger partial charge is 0.319 e. The zero-order valence-electron chi connectivity index (χ0n) is 15.3. The third kappa shape index (κ3) is 4.79. The molecule has 0 saturated heterocycles. The quantitative estimate of drug-likeness (QED) is 0.719. The van der Waals surface area contributed by atoms with E-state index >= 15 is 0 Å². The van der Waals surface area contributed by atoms with Gasteiger partial charge in [0, 0.05) is 5.69 Å². The van der Waals surface area contributed by atoms with Crippen molar-refractivity contribution in [1.82, 2.24) is 20.1 Å². The maximum atomic E-state index is 12.3. The lowest BCUT2D eigenvalue weighted by atomic mass is 9.94. The topological polar surface area (TPSA) is 92.1 Å². The van der Waals surface area contributed by atoms with Gasteiger partial charge in [0.05, 0.1) is 18.7 Å². The average molecular weight is 345 g/mol. The molecule has 3 N–H and O–H groups in total. The highest BCUT2D eigenvalue weighted by atomic mass is 16.3. The van der Waals surface area contributed by atoms with Crippen molar-refractivity contribution in [2.24, 2.45) is 0 Å². The predicted molar refractivity (Wildman–Crippen MR) is 97.6 cm³/mol. The van der Waals surface area contributed by atoms with Crippen LogP contribution in [0.5, 0.6) is 0 Å². The first-order valence-electron chi connectivity index (χ1n) is 8.58. The van der Waals surface area contributed by atoms with Crippen LogP contribution in [0.15, 0.2) is 24.3 Å². The summed E-state index contributed by atoms with van der Waals surface area (Å²) in [6, 6.07) is 7.30. The van der Waals surface area contributed by atoms with E-state index in [2.05, 4.69) is 20.7 Å². The van der Waals surface area contributed by atoms with E-state index < -0.39 is 5.54 Å². The Bertz CT molecular complexity index is 714.